The van der Waals surface area contributed by atoms with Crippen LogP contribution in [0.5, 0.6) is 11.5 Å². The quantitative estimate of drug-likeness (QED) is 0.704. The lowest BCUT2D eigenvalue weighted by Crippen LogP contribution is -2.07. The lowest BCUT2D eigenvalue weighted by atomic mass is 10.1. The van der Waals surface area contributed by atoms with Crippen molar-refractivity contribution in [2.75, 3.05) is 19.8 Å². The Labute approximate surface area is 88.3 Å². The minimum atomic E-state index is 0.278. The van der Waals surface area contributed by atoms with Crippen molar-refractivity contribution in [2.24, 2.45) is 0 Å². The standard InChI is InChI=1S/C12H12O3/c1-3-9-4-2-6-13-12(9)11(5-1)15-8-10-7-14-10/h1-5,10H,6-8H2. The van der Waals surface area contributed by atoms with Crippen LogP contribution >= 0.6 is 0 Å². The summed E-state index contributed by atoms with van der Waals surface area (Å²) in [4.78, 5) is 0. The maximum absolute atomic E-state index is 5.64. The number of rotatable bonds is 3. The van der Waals surface area contributed by atoms with Gasteiger partial charge in [0.1, 0.15) is 19.3 Å². The Morgan fingerprint density at radius 2 is 2.33 bits per heavy atom. The van der Waals surface area contributed by atoms with Gasteiger partial charge in [-0.1, -0.05) is 18.2 Å². The van der Waals surface area contributed by atoms with Gasteiger partial charge in [0, 0.05) is 5.56 Å². The monoisotopic (exact) mass is 204 g/mol. The minimum absolute atomic E-state index is 0.278. The van der Waals surface area contributed by atoms with E-state index in [-0.39, 0.29) is 6.10 Å². The molecule has 1 saturated heterocycles. The van der Waals surface area contributed by atoms with Gasteiger partial charge in [-0.2, -0.15) is 0 Å². The van der Waals surface area contributed by atoms with Gasteiger partial charge < -0.3 is 14.2 Å². The number of fused-ring (bicyclic) bond motifs is 1. The van der Waals surface area contributed by atoms with E-state index in [0.717, 1.165) is 23.7 Å². The summed E-state index contributed by atoms with van der Waals surface area (Å²) in [5.74, 6) is 1.66. The highest BCUT2D eigenvalue weighted by atomic mass is 16.6. The maximum atomic E-state index is 5.64. The van der Waals surface area contributed by atoms with Gasteiger partial charge in [0.25, 0.3) is 0 Å². The second-order valence-corrected chi connectivity index (χ2v) is 3.65. The van der Waals surface area contributed by atoms with Gasteiger partial charge in [-0.05, 0) is 12.1 Å². The number of benzene rings is 1. The molecule has 2 aliphatic heterocycles. The second-order valence-electron chi connectivity index (χ2n) is 3.65. The Kier molecular flexibility index (Phi) is 2.10. The Morgan fingerprint density at radius 3 is 3.20 bits per heavy atom. The molecule has 1 atom stereocenters. The third kappa shape index (κ3) is 1.83. The topological polar surface area (TPSA) is 31.0 Å². The zero-order valence-corrected chi connectivity index (χ0v) is 8.31. The number of hydrogen-bond donors (Lipinski definition) is 0. The molecule has 0 amide bonds. The second kappa shape index (κ2) is 3.59. The first-order valence-corrected chi connectivity index (χ1v) is 5.10. The first-order chi connectivity index (χ1) is 7.43. The SMILES string of the molecule is C1=Cc2cccc(OCC3CO3)c2OC1. The van der Waals surface area contributed by atoms with E-state index >= 15 is 0 Å². The Balaban J connectivity index is 1.82. The van der Waals surface area contributed by atoms with E-state index in [4.69, 9.17) is 14.2 Å². The van der Waals surface area contributed by atoms with E-state index < -0.39 is 0 Å². The van der Waals surface area contributed by atoms with Gasteiger partial charge in [0.15, 0.2) is 11.5 Å². The number of para-hydroxylation sites is 1. The normalized spacial score (nSPS) is 21.7. The van der Waals surface area contributed by atoms with Crippen LogP contribution in [-0.4, -0.2) is 25.9 Å². The zero-order chi connectivity index (χ0) is 10.1. The van der Waals surface area contributed by atoms with Crippen LogP contribution in [0.25, 0.3) is 6.08 Å². The molecule has 2 heterocycles. The number of ether oxygens (including phenoxy) is 3. The zero-order valence-electron chi connectivity index (χ0n) is 8.31. The van der Waals surface area contributed by atoms with Gasteiger partial charge in [-0.15, -0.1) is 0 Å². The van der Waals surface area contributed by atoms with Crippen LogP contribution in [0.15, 0.2) is 24.3 Å². The molecule has 1 unspecified atom stereocenters. The molecule has 0 bridgehead atoms. The van der Waals surface area contributed by atoms with Gasteiger partial charge in [-0.3, -0.25) is 0 Å². The first kappa shape index (κ1) is 8.80. The molecular weight excluding hydrogens is 192 g/mol. The highest BCUT2D eigenvalue weighted by molar-refractivity contribution is 5.63. The Hall–Kier alpha value is -1.48. The van der Waals surface area contributed by atoms with Crippen molar-refractivity contribution in [2.45, 2.75) is 6.10 Å². The molecule has 3 nitrogen and oxygen atoms in total. The molecule has 3 heteroatoms. The highest BCUT2D eigenvalue weighted by Crippen LogP contribution is 2.34. The predicted molar refractivity (Wildman–Crippen MR) is 56.2 cm³/mol. The maximum Gasteiger partial charge on any atom is 0.168 e. The summed E-state index contributed by atoms with van der Waals surface area (Å²) in [6.45, 7) is 2.05. The number of epoxide rings is 1. The summed E-state index contributed by atoms with van der Waals surface area (Å²) < 4.78 is 16.3. The van der Waals surface area contributed by atoms with Crippen molar-refractivity contribution in [3.8, 4) is 11.5 Å². The van der Waals surface area contributed by atoms with Gasteiger partial charge in [0.05, 0.1) is 6.61 Å². The summed E-state index contributed by atoms with van der Waals surface area (Å²) in [7, 11) is 0. The number of hydrogen-bond acceptors (Lipinski definition) is 3. The molecule has 0 saturated carbocycles. The van der Waals surface area contributed by atoms with Crippen molar-refractivity contribution in [1.82, 2.24) is 0 Å². The van der Waals surface area contributed by atoms with Crippen LogP contribution in [0.1, 0.15) is 5.56 Å². The molecule has 1 aromatic rings. The highest BCUT2D eigenvalue weighted by Gasteiger charge is 2.24. The largest absolute Gasteiger partial charge is 0.487 e. The summed E-state index contributed by atoms with van der Waals surface area (Å²) in [6, 6.07) is 5.92. The van der Waals surface area contributed by atoms with Gasteiger partial charge >= 0.3 is 0 Å². The fourth-order valence-electron chi connectivity index (χ4n) is 1.59. The smallest absolute Gasteiger partial charge is 0.168 e. The van der Waals surface area contributed by atoms with Crippen molar-refractivity contribution in [1.29, 1.82) is 0 Å². The fourth-order valence-corrected chi connectivity index (χ4v) is 1.59. The van der Waals surface area contributed by atoms with E-state index in [0.29, 0.717) is 13.2 Å². The summed E-state index contributed by atoms with van der Waals surface area (Å²) in [5, 5.41) is 0. The molecule has 0 N–H and O–H groups in total. The third-order valence-corrected chi connectivity index (χ3v) is 2.46. The van der Waals surface area contributed by atoms with Crippen LogP contribution in [0, 0.1) is 0 Å². The van der Waals surface area contributed by atoms with Gasteiger partial charge in [0.2, 0.25) is 0 Å². The average Bonchev–Trinajstić information content (AvgIpc) is 3.10. The van der Waals surface area contributed by atoms with Crippen molar-refractivity contribution >= 4 is 6.08 Å². The molecule has 15 heavy (non-hydrogen) atoms. The molecule has 3 rings (SSSR count). The Bertz CT molecular complexity index is 394. The van der Waals surface area contributed by atoms with E-state index in [2.05, 4.69) is 6.08 Å². The van der Waals surface area contributed by atoms with Crippen molar-refractivity contribution in [3.05, 3.63) is 29.8 Å². The van der Waals surface area contributed by atoms with E-state index in [1.54, 1.807) is 0 Å². The van der Waals surface area contributed by atoms with Crippen molar-refractivity contribution < 1.29 is 14.2 Å². The van der Waals surface area contributed by atoms with Crippen LogP contribution < -0.4 is 9.47 Å². The predicted octanol–water partition coefficient (Wildman–Crippen LogP) is 1.87. The van der Waals surface area contributed by atoms with Gasteiger partial charge in [-0.25, -0.2) is 0 Å². The van der Waals surface area contributed by atoms with Crippen LogP contribution in [-0.2, 0) is 4.74 Å². The van der Waals surface area contributed by atoms with Crippen LogP contribution in [0.2, 0.25) is 0 Å². The summed E-state index contributed by atoms with van der Waals surface area (Å²) in [6.07, 6.45) is 4.33. The molecule has 0 spiro atoms. The molecule has 78 valence electrons. The first-order valence-electron chi connectivity index (χ1n) is 5.10. The fraction of sp³-hybridized carbons (Fsp3) is 0.333. The van der Waals surface area contributed by atoms with Crippen molar-refractivity contribution in [3.63, 3.8) is 0 Å². The lowest BCUT2D eigenvalue weighted by molar-refractivity contribution is 0.247. The molecular formula is C12H12O3. The van der Waals surface area contributed by atoms with E-state index in [1.165, 1.54) is 0 Å². The lowest BCUT2D eigenvalue weighted by Gasteiger charge is -2.16. The van der Waals surface area contributed by atoms with Crippen LogP contribution in [0.3, 0.4) is 0 Å². The molecule has 0 aromatic heterocycles. The summed E-state index contributed by atoms with van der Waals surface area (Å²) >= 11 is 0. The van der Waals surface area contributed by atoms with Crippen LogP contribution in [0.4, 0.5) is 0 Å². The third-order valence-electron chi connectivity index (χ3n) is 2.46. The average molecular weight is 204 g/mol. The van der Waals surface area contributed by atoms with E-state index in [1.807, 2.05) is 24.3 Å². The molecule has 0 aliphatic carbocycles. The summed E-state index contributed by atoms with van der Waals surface area (Å²) in [5.41, 5.74) is 1.08. The van der Waals surface area contributed by atoms with E-state index in [9.17, 15) is 0 Å². The molecule has 0 radical (unpaired) electrons. The molecule has 1 fully saturated rings. The Morgan fingerprint density at radius 1 is 1.40 bits per heavy atom. The minimum Gasteiger partial charge on any atom is -0.487 e. The molecule has 1 aromatic carbocycles. The molecule has 2 aliphatic rings.